The lowest BCUT2D eigenvalue weighted by Gasteiger charge is -2.57. The molecule has 0 radical (unpaired) electrons. The van der Waals surface area contributed by atoms with Gasteiger partial charge in [0.15, 0.2) is 0 Å². The molecule has 3 heteroatoms. The van der Waals surface area contributed by atoms with E-state index in [0.717, 1.165) is 56.5 Å². The molecule has 3 nitrogen and oxygen atoms in total. The Hall–Kier alpha value is -1.38. The standard InChI is InChI=1S/C27H42N2O/c1-2-3-6-14-29(26(30)8-5-4-7-22-9-12-28-13-10-22)15-11-27-19-23-16-24(20-27)18-25(17-23)21-27/h9-10,12-13,23-25H,2-8,11,14-21H2,1H3. The van der Waals surface area contributed by atoms with Gasteiger partial charge in [0, 0.05) is 31.9 Å². The van der Waals surface area contributed by atoms with Crippen molar-refractivity contribution in [1.82, 2.24) is 9.88 Å². The first kappa shape index (κ1) is 21.8. The molecule has 0 unspecified atom stereocenters. The molecule has 0 saturated heterocycles. The van der Waals surface area contributed by atoms with E-state index in [0.29, 0.717) is 11.3 Å². The van der Waals surface area contributed by atoms with E-state index in [1.807, 2.05) is 12.4 Å². The summed E-state index contributed by atoms with van der Waals surface area (Å²) in [5.41, 5.74) is 1.92. The van der Waals surface area contributed by atoms with Gasteiger partial charge < -0.3 is 4.90 Å². The van der Waals surface area contributed by atoms with Crippen LogP contribution in [-0.2, 0) is 11.2 Å². The number of amides is 1. The number of pyridine rings is 1. The summed E-state index contributed by atoms with van der Waals surface area (Å²) in [6, 6.07) is 4.18. The number of rotatable bonds is 12. The normalized spacial score (nSPS) is 29.3. The van der Waals surface area contributed by atoms with Crippen LogP contribution in [-0.4, -0.2) is 28.9 Å². The van der Waals surface area contributed by atoms with E-state index in [1.165, 1.54) is 69.8 Å². The highest BCUT2D eigenvalue weighted by Crippen LogP contribution is 2.61. The second kappa shape index (κ2) is 10.3. The Bertz CT molecular complexity index is 635. The Balaban J connectivity index is 1.26. The van der Waals surface area contributed by atoms with Gasteiger partial charge >= 0.3 is 0 Å². The maximum Gasteiger partial charge on any atom is 0.222 e. The average molecular weight is 411 g/mol. The zero-order valence-corrected chi connectivity index (χ0v) is 19.2. The van der Waals surface area contributed by atoms with E-state index in [1.54, 1.807) is 0 Å². The summed E-state index contributed by atoms with van der Waals surface area (Å²) in [7, 11) is 0. The fraction of sp³-hybridized carbons (Fsp3) is 0.778. The van der Waals surface area contributed by atoms with Gasteiger partial charge in [-0.2, -0.15) is 0 Å². The number of carbonyl (C=O) groups excluding carboxylic acids is 1. The van der Waals surface area contributed by atoms with Crippen LogP contribution in [0.2, 0.25) is 0 Å². The Morgan fingerprint density at radius 1 is 0.967 bits per heavy atom. The molecule has 0 atom stereocenters. The van der Waals surface area contributed by atoms with Crippen molar-refractivity contribution in [2.75, 3.05) is 13.1 Å². The van der Waals surface area contributed by atoms with Gasteiger partial charge in [-0.25, -0.2) is 0 Å². The number of unbranched alkanes of at least 4 members (excludes halogenated alkanes) is 3. The molecule has 4 bridgehead atoms. The van der Waals surface area contributed by atoms with Crippen LogP contribution in [0.25, 0.3) is 0 Å². The molecule has 1 heterocycles. The lowest BCUT2D eigenvalue weighted by molar-refractivity contribution is -0.132. The lowest BCUT2D eigenvalue weighted by Crippen LogP contribution is -2.47. The molecule has 0 spiro atoms. The minimum absolute atomic E-state index is 0.408. The smallest absolute Gasteiger partial charge is 0.222 e. The van der Waals surface area contributed by atoms with Gasteiger partial charge in [0.2, 0.25) is 5.91 Å². The highest BCUT2D eigenvalue weighted by Gasteiger charge is 2.50. The van der Waals surface area contributed by atoms with Gasteiger partial charge in [-0.1, -0.05) is 19.8 Å². The molecule has 1 aromatic rings. The van der Waals surface area contributed by atoms with Gasteiger partial charge in [0.05, 0.1) is 0 Å². The van der Waals surface area contributed by atoms with Crippen molar-refractivity contribution < 1.29 is 4.79 Å². The Morgan fingerprint density at radius 2 is 1.63 bits per heavy atom. The van der Waals surface area contributed by atoms with Crippen LogP contribution >= 0.6 is 0 Å². The first-order valence-corrected chi connectivity index (χ1v) is 12.8. The van der Waals surface area contributed by atoms with Crippen LogP contribution < -0.4 is 0 Å². The number of hydrogen-bond donors (Lipinski definition) is 0. The predicted molar refractivity (Wildman–Crippen MR) is 123 cm³/mol. The third-order valence-electron chi connectivity index (χ3n) is 8.32. The first-order valence-electron chi connectivity index (χ1n) is 12.8. The molecule has 30 heavy (non-hydrogen) atoms. The molecule has 4 aliphatic carbocycles. The molecule has 4 aliphatic rings. The van der Waals surface area contributed by atoms with Crippen molar-refractivity contribution in [2.24, 2.45) is 23.2 Å². The van der Waals surface area contributed by atoms with Gasteiger partial charge in [-0.15, -0.1) is 0 Å². The minimum atomic E-state index is 0.408. The van der Waals surface area contributed by atoms with Crippen LogP contribution in [0.5, 0.6) is 0 Å². The second-order valence-corrected chi connectivity index (χ2v) is 10.8. The summed E-state index contributed by atoms with van der Waals surface area (Å²) in [5, 5.41) is 0. The molecule has 166 valence electrons. The zero-order valence-electron chi connectivity index (χ0n) is 19.2. The number of hydrogen-bond acceptors (Lipinski definition) is 2. The Morgan fingerprint density at radius 3 is 2.27 bits per heavy atom. The molecule has 1 amide bonds. The molecular weight excluding hydrogens is 368 g/mol. The average Bonchev–Trinajstić information content (AvgIpc) is 2.73. The summed E-state index contributed by atoms with van der Waals surface area (Å²) in [4.78, 5) is 19.4. The van der Waals surface area contributed by atoms with Crippen molar-refractivity contribution in [3.63, 3.8) is 0 Å². The van der Waals surface area contributed by atoms with E-state index in [-0.39, 0.29) is 0 Å². The van der Waals surface area contributed by atoms with E-state index >= 15 is 0 Å². The number of aromatic nitrogens is 1. The van der Waals surface area contributed by atoms with Gasteiger partial charge in [0.1, 0.15) is 0 Å². The van der Waals surface area contributed by atoms with Gasteiger partial charge in [-0.05, 0) is 111 Å². The number of nitrogens with zero attached hydrogens (tertiary/aromatic N) is 2. The molecule has 4 fully saturated rings. The largest absolute Gasteiger partial charge is 0.343 e. The van der Waals surface area contributed by atoms with Crippen molar-refractivity contribution in [1.29, 1.82) is 0 Å². The fourth-order valence-electron chi connectivity index (χ4n) is 7.20. The molecule has 0 N–H and O–H groups in total. The zero-order chi connectivity index (χ0) is 20.8. The molecule has 4 saturated carbocycles. The van der Waals surface area contributed by atoms with E-state index in [2.05, 4.69) is 28.9 Å². The van der Waals surface area contributed by atoms with Crippen LogP contribution in [0.3, 0.4) is 0 Å². The van der Waals surface area contributed by atoms with E-state index in [4.69, 9.17) is 0 Å². The molecule has 0 aromatic carbocycles. The van der Waals surface area contributed by atoms with Crippen LogP contribution in [0.1, 0.15) is 96.0 Å². The van der Waals surface area contributed by atoms with Crippen LogP contribution in [0.15, 0.2) is 24.5 Å². The fourth-order valence-corrected chi connectivity index (χ4v) is 7.20. The molecule has 5 rings (SSSR count). The summed E-state index contributed by atoms with van der Waals surface area (Å²) < 4.78 is 0. The first-order chi connectivity index (χ1) is 14.7. The van der Waals surface area contributed by atoms with Gasteiger partial charge in [0.25, 0.3) is 0 Å². The topological polar surface area (TPSA) is 33.2 Å². The highest BCUT2D eigenvalue weighted by atomic mass is 16.2. The molecule has 1 aromatic heterocycles. The van der Waals surface area contributed by atoms with Crippen molar-refractivity contribution in [3.05, 3.63) is 30.1 Å². The van der Waals surface area contributed by atoms with E-state index < -0.39 is 0 Å². The summed E-state index contributed by atoms with van der Waals surface area (Å²) in [6.45, 7) is 4.24. The second-order valence-electron chi connectivity index (χ2n) is 10.8. The predicted octanol–water partition coefficient (Wildman–Crippen LogP) is 6.42. The maximum absolute atomic E-state index is 13.1. The Kier molecular flexibility index (Phi) is 7.49. The summed E-state index contributed by atoms with van der Waals surface area (Å²) in [6.07, 6.45) is 21.4. The maximum atomic E-state index is 13.1. The number of carbonyl (C=O) groups is 1. The minimum Gasteiger partial charge on any atom is -0.343 e. The lowest BCUT2D eigenvalue weighted by atomic mass is 9.49. The summed E-state index contributed by atoms with van der Waals surface area (Å²) >= 11 is 0. The third-order valence-corrected chi connectivity index (χ3v) is 8.32. The molecule has 0 aliphatic heterocycles. The Labute approximate surface area is 184 Å². The van der Waals surface area contributed by atoms with Crippen molar-refractivity contribution in [2.45, 2.75) is 96.8 Å². The van der Waals surface area contributed by atoms with Crippen molar-refractivity contribution >= 4 is 5.91 Å². The van der Waals surface area contributed by atoms with Crippen LogP contribution in [0.4, 0.5) is 0 Å². The van der Waals surface area contributed by atoms with Crippen molar-refractivity contribution in [3.8, 4) is 0 Å². The summed E-state index contributed by atoms with van der Waals surface area (Å²) in [5.74, 6) is 3.43. The number of aryl methyl sites for hydroxylation is 1. The monoisotopic (exact) mass is 410 g/mol. The van der Waals surface area contributed by atoms with Crippen LogP contribution in [0, 0.1) is 23.2 Å². The van der Waals surface area contributed by atoms with Gasteiger partial charge in [-0.3, -0.25) is 9.78 Å². The third kappa shape index (κ3) is 5.65. The highest BCUT2D eigenvalue weighted by molar-refractivity contribution is 5.76. The SMILES string of the molecule is CCCCCN(CCC12CC3CC(CC(C3)C1)C2)C(=O)CCCCc1ccncc1. The quantitative estimate of drug-likeness (QED) is 0.373. The molecular formula is C27H42N2O. The van der Waals surface area contributed by atoms with E-state index in [9.17, 15) is 4.79 Å².